The highest BCUT2D eigenvalue weighted by Gasteiger charge is 2.08. The van der Waals surface area contributed by atoms with Crippen LogP contribution in [0.4, 0.5) is 0 Å². The summed E-state index contributed by atoms with van der Waals surface area (Å²) in [5.74, 6) is 0.783. The van der Waals surface area contributed by atoms with E-state index in [1.54, 1.807) is 0 Å². The number of aliphatic hydroxyl groups is 1. The zero-order valence-corrected chi connectivity index (χ0v) is 12.0. The molecule has 17 heavy (non-hydrogen) atoms. The molecule has 0 amide bonds. The number of ether oxygens (including phenoxy) is 1. The molecule has 1 rings (SSSR count). The van der Waals surface area contributed by atoms with Crippen molar-refractivity contribution >= 4 is 15.9 Å². The van der Waals surface area contributed by atoms with E-state index in [-0.39, 0.29) is 0 Å². The molecule has 0 fully saturated rings. The Morgan fingerprint density at radius 3 is 2.59 bits per heavy atom. The maximum atomic E-state index is 9.79. The highest BCUT2D eigenvalue weighted by molar-refractivity contribution is 9.10. The molecule has 0 aliphatic carbocycles. The Hall–Kier alpha value is -0.580. The summed E-state index contributed by atoms with van der Waals surface area (Å²) in [4.78, 5) is 2.11. The quantitative estimate of drug-likeness (QED) is 0.840. The van der Waals surface area contributed by atoms with Crippen LogP contribution >= 0.6 is 15.9 Å². The molecule has 1 aromatic carbocycles. The predicted octanol–water partition coefficient (Wildman–Crippen LogP) is 2.53. The minimum atomic E-state index is -0.449. The lowest BCUT2D eigenvalue weighted by Gasteiger charge is -2.20. The predicted molar refractivity (Wildman–Crippen MR) is 73.4 cm³/mol. The summed E-state index contributed by atoms with van der Waals surface area (Å²) < 4.78 is 6.53. The van der Waals surface area contributed by atoms with Crippen LogP contribution in [0, 0.1) is 0 Å². The van der Waals surface area contributed by atoms with Crippen LogP contribution in [0.3, 0.4) is 0 Å². The number of nitrogens with zero attached hydrogens (tertiary/aromatic N) is 1. The summed E-state index contributed by atoms with van der Waals surface area (Å²) in [6.07, 6.45) is 0.645. The summed E-state index contributed by atoms with van der Waals surface area (Å²) in [6.45, 7) is 4.09. The topological polar surface area (TPSA) is 32.7 Å². The number of hydrogen-bond donors (Lipinski definition) is 1. The maximum absolute atomic E-state index is 9.79. The Kier molecular flexibility index (Phi) is 6.55. The van der Waals surface area contributed by atoms with Gasteiger partial charge >= 0.3 is 0 Å². The molecule has 1 aromatic rings. The molecule has 3 nitrogen and oxygen atoms in total. The molecule has 1 atom stereocenters. The Bertz CT molecular complexity index is 316. The van der Waals surface area contributed by atoms with Gasteiger partial charge in [-0.05, 0) is 44.3 Å². The molecule has 1 unspecified atom stereocenters. The van der Waals surface area contributed by atoms with Gasteiger partial charge in [0.05, 0.1) is 0 Å². The third-order valence-corrected chi connectivity index (χ3v) is 2.91. The fraction of sp³-hybridized carbons (Fsp3) is 0.538. The van der Waals surface area contributed by atoms with E-state index in [1.165, 1.54) is 0 Å². The van der Waals surface area contributed by atoms with Gasteiger partial charge in [0.1, 0.15) is 18.5 Å². The molecule has 4 heteroatoms. The van der Waals surface area contributed by atoms with Gasteiger partial charge in [-0.1, -0.05) is 22.9 Å². The lowest BCUT2D eigenvalue weighted by molar-refractivity contribution is 0.0764. The van der Waals surface area contributed by atoms with E-state index in [1.807, 2.05) is 31.3 Å². The van der Waals surface area contributed by atoms with Crippen LogP contribution in [-0.4, -0.2) is 42.9 Å². The third kappa shape index (κ3) is 6.05. The number of hydrogen-bond acceptors (Lipinski definition) is 3. The van der Waals surface area contributed by atoms with Crippen LogP contribution in [0.25, 0.3) is 0 Å². The van der Waals surface area contributed by atoms with Crippen molar-refractivity contribution in [2.24, 2.45) is 0 Å². The fourth-order valence-corrected chi connectivity index (χ4v) is 1.87. The second kappa shape index (κ2) is 7.69. The molecule has 1 N–H and O–H groups in total. The van der Waals surface area contributed by atoms with Gasteiger partial charge < -0.3 is 14.7 Å². The van der Waals surface area contributed by atoms with Crippen LogP contribution in [0.5, 0.6) is 5.75 Å². The summed E-state index contributed by atoms with van der Waals surface area (Å²) in [5.41, 5.74) is 0. The van der Waals surface area contributed by atoms with Crippen molar-refractivity contribution < 1.29 is 9.84 Å². The Balaban J connectivity index is 2.27. The Labute approximate surface area is 112 Å². The number of benzene rings is 1. The Morgan fingerprint density at radius 2 is 2.00 bits per heavy atom. The fourth-order valence-electron chi connectivity index (χ4n) is 1.61. The van der Waals surface area contributed by atoms with Crippen molar-refractivity contribution in [1.29, 1.82) is 0 Å². The van der Waals surface area contributed by atoms with Crippen molar-refractivity contribution in [1.82, 2.24) is 4.90 Å². The summed E-state index contributed by atoms with van der Waals surface area (Å²) >= 11 is 3.36. The molecule has 0 spiro atoms. The van der Waals surface area contributed by atoms with E-state index < -0.39 is 6.10 Å². The zero-order valence-electron chi connectivity index (χ0n) is 10.4. The molecule has 0 aliphatic rings. The van der Waals surface area contributed by atoms with Gasteiger partial charge in [-0.25, -0.2) is 0 Å². The van der Waals surface area contributed by atoms with Gasteiger partial charge in [0.2, 0.25) is 0 Å². The molecule has 0 aromatic heterocycles. The van der Waals surface area contributed by atoms with Gasteiger partial charge in [0.25, 0.3) is 0 Å². The summed E-state index contributed by atoms with van der Waals surface area (Å²) in [5, 5.41) is 9.79. The van der Waals surface area contributed by atoms with Gasteiger partial charge in [0, 0.05) is 11.0 Å². The van der Waals surface area contributed by atoms with E-state index >= 15 is 0 Å². The molecule has 0 radical (unpaired) electrons. The Morgan fingerprint density at radius 1 is 1.35 bits per heavy atom. The molecule has 0 saturated heterocycles. The standard InChI is InChI=1S/C13H20BrNO2/c1-3-8-15(2)9-12(16)10-17-13-6-4-11(14)5-7-13/h4-7,12,16H,3,8-10H2,1-2H3. The SMILES string of the molecule is CCCN(C)CC(O)COc1ccc(Br)cc1. The number of rotatable bonds is 7. The molecule has 96 valence electrons. The largest absolute Gasteiger partial charge is 0.491 e. The number of aliphatic hydroxyl groups excluding tert-OH is 1. The molecule has 0 saturated carbocycles. The number of halogens is 1. The smallest absolute Gasteiger partial charge is 0.119 e. The van der Waals surface area contributed by atoms with Crippen molar-refractivity contribution in [3.8, 4) is 5.75 Å². The first-order chi connectivity index (χ1) is 8.11. The van der Waals surface area contributed by atoms with Gasteiger partial charge in [-0.15, -0.1) is 0 Å². The van der Waals surface area contributed by atoms with E-state index in [4.69, 9.17) is 4.74 Å². The van der Waals surface area contributed by atoms with Crippen LogP contribution in [0.2, 0.25) is 0 Å². The van der Waals surface area contributed by atoms with Crippen LogP contribution in [-0.2, 0) is 0 Å². The average molecular weight is 302 g/mol. The summed E-state index contributed by atoms with van der Waals surface area (Å²) in [7, 11) is 2.01. The molecular weight excluding hydrogens is 282 g/mol. The highest BCUT2D eigenvalue weighted by Crippen LogP contribution is 2.16. The zero-order chi connectivity index (χ0) is 12.7. The third-order valence-electron chi connectivity index (χ3n) is 2.38. The average Bonchev–Trinajstić information content (AvgIpc) is 2.28. The van der Waals surface area contributed by atoms with Gasteiger partial charge in [-0.2, -0.15) is 0 Å². The van der Waals surface area contributed by atoms with Crippen molar-refractivity contribution in [2.45, 2.75) is 19.4 Å². The second-order valence-electron chi connectivity index (χ2n) is 4.18. The molecule has 0 aliphatic heterocycles. The minimum Gasteiger partial charge on any atom is -0.491 e. The van der Waals surface area contributed by atoms with E-state index in [0.717, 1.165) is 23.2 Å². The lowest BCUT2D eigenvalue weighted by Crippen LogP contribution is -2.33. The molecule has 0 bridgehead atoms. The maximum Gasteiger partial charge on any atom is 0.119 e. The monoisotopic (exact) mass is 301 g/mol. The van der Waals surface area contributed by atoms with Crippen LogP contribution < -0.4 is 4.74 Å². The van der Waals surface area contributed by atoms with Crippen molar-refractivity contribution in [2.75, 3.05) is 26.7 Å². The highest BCUT2D eigenvalue weighted by atomic mass is 79.9. The summed E-state index contributed by atoms with van der Waals surface area (Å²) in [6, 6.07) is 7.61. The van der Waals surface area contributed by atoms with Crippen LogP contribution in [0.1, 0.15) is 13.3 Å². The van der Waals surface area contributed by atoms with Crippen molar-refractivity contribution in [3.63, 3.8) is 0 Å². The van der Waals surface area contributed by atoms with E-state index in [2.05, 4.69) is 27.8 Å². The molecule has 0 heterocycles. The van der Waals surface area contributed by atoms with Gasteiger partial charge in [-0.3, -0.25) is 0 Å². The first-order valence-corrected chi connectivity index (χ1v) is 6.66. The van der Waals surface area contributed by atoms with E-state index in [9.17, 15) is 5.11 Å². The lowest BCUT2D eigenvalue weighted by atomic mass is 10.3. The van der Waals surface area contributed by atoms with Crippen molar-refractivity contribution in [3.05, 3.63) is 28.7 Å². The second-order valence-corrected chi connectivity index (χ2v) is 5.10. The normalized spacial score (nSPS) is 12.8. The van der Waals surface area contributed by atoms with E-state index in [0.29, 0.717) is 13.2 Å². The van der Waals surface area contributed by atoms with Gasteiger partial charge in [0.15, 0.2) is 0 Å². The first-order valence-electron chi connectivity index (χ1n) is 5.86. The number of likely N-dealkylation sites (N-methyl/N-ethyl adjacent to an activating group) is 1. The first kappa shape index (κ1) is 14.5. The minimum absolute atomic E-state index is 0.329. The van der Waals surface area contributed by atoms with Crippen LogP contribution in [0.15, 0.2) is 28.7 Å². The molecular formula is C13H20BrNO2.